The number of phenolic OH excluding ortho intramolecular Hbond substituents is 6. The third kappa shape index (κ3) is 46.2. The molecule has 0 radical (unpaired) electrons. The number of carbonyl (C=O) groups is 6. The average molecular weight is 1820 g/mol. The van der Waals surface area contributed by atoms with Crippen LogP contribution in [0, 0.1) is 0 Å². The summed E-state index contributed by atoms with van der Waals surface area (Å²) < 4.78 is 0. The van der Waals surface area contributed by atoms with Gasteiger partial charge in [0.15, 0.2) is 0 Å². The Morgan fingerprint density at radius 1 is 0.185 bits per heavy atom. The first kappa shape index (κ1) is 107. The van der Waals surface area contributed by atoms with Crippen LogP contribution in [-0.4, -0.2) is 106 Å². The van der Waals surface area contributed by atoms with Crippen LogP contribution >= 0.6 is 0 Å². The predicted octanol–water partition coefficient (Wildman–Crippen LogP) is 7.66. The number of hydrogen-bond donors (Lipinski definition) is 6. The Bertz CT molecular complexity index is 4650. The number of nitrogens with zero attached hydrogens (tertiary/aromatic N) is 8. The Morgan fingerprint density at radius 3 is 0.371 bits per heavy atom. The number of para-hydroxylation sites is 6. The van der Waals surface area contributed by atoms with Crippen molar-refractivity contribution in [2.75, 3.05) is 0 Å². The van der Waals surface area contributed by atoms with E-state index in [1.165, 1.54) is 117 Å². The zero-order chi connectivity index (χ0) is 86.8. The number of carbonyl (C=O) groups excluding carboxylic acids is 6. The number of carboxylic acids is 6. The van der Waals surface area contributed by atoms with Crippen molar-refractivity contribution in [3.63, 3.8) is 0 Å². The largest absolute Gasteiger partial charge is 3.00 e. The molecule has 14 aromatic rings. The van der Waals surface area contributed by atoms with Gasteiger partial charge in [0.1, 0.15) is 34.5 Å². The van der Waals surface area contributed by atoms with Crippen molar-refractivity contribution in [3.05, 3.63) is 412 Å². The van der Waals surface area contributed by atoms with E-state index in [1.807, 2.05) is 97.1 Å². The topological polar surface area (TPSA) is 531 Å². The van der Waals surface area contributed by atoms with E-state index in [2.05, 4.69) is 39.9 Å². The molecule has 0 amide bonds. The average Bonchev–Trinajstić information content (AvgIpc) is 0.883. The number of hydrogen-bond acceptors (Lipinski definition) is 26. The van der Waals surface area contributed by atoms with Crippen LogP contribution in [0.25, 0.3) is 81.0 Å². The number of aromatic nitrogens is 8. The number of pyridine rings is 8. The molecule has 0 aliphatic heterocycles. The summed E-state index contributed by atoms with van der Waals surface area (Å²) in [6.45, 7) is 0. The molecule has 0 saturated carbocycles. The van der Waals surface area contributed by atoms with E-state index in [0.717, 1.165) is 36.5 Å². The maximum atomic E-state index is 10.0. The Labute approximate surface area is 763 Å². The maximum absolute atomic E-state index is 10.0. The fraction of sp³-hybridized carbons (Fsp3) is 0. The molecule has 0 atom stereocenters. The SMILES string of the molecule is O=C([O-])/C=C/c1ccccc1O.O=C([O-])/C=C/c1ccccc1O.O=C([O-])/C=C/c1ccccc1O.O=C([O-])/C=C/c1ccccc1O.O=C([O-])/C=C/c1ccccc1O.O=C([O-])/C=C/c1ccccc1O.[OH3+].[OH3+].[Y+3].[Y+3].c1cc(-c2ccncc2)ccn1.c1cc(-c2ccncc2)ccn1.c1cc(-c2ccncc2)ccn1.c1cc(-c2ccncc2)ccn1. The molecule has 0 fully saturated rings. The van der Waals surface area contributed by atoms with E-state index in [4.69, 9.17) is 30.6 Å². The van der Waals surface area contributed by atoms with E-state index in [9.17, 15) is 59.4 Å². The molecular weight excluding hydrogens is 1740 g/mol. The molecule has 8 heterocycles. The third-order valence-corrected chi connectivity index (χ3v) is 14.8. The van der Waals surface area contributed by atoms with E-state index < -0.39 is 35.8 Å². The molecule has 0 aliphatic carbocycles. The minimum Gasteiger partial charge on any atom is -0.545 e. The molecule has 28 nitrogen and oxygen atoms in total. The number of carboxylic acid groups (broad SMARTS) is 6. The van der Waals surface area contributed by atoms with Crippen LogP contribution in [-0.2, 0) is 105 Å². The molecule has 6 aromatic carbocycles. The summed E-state index contributed by atoms with van der Waals surface area (Å²) in [5.74, 6) is -7.37. The van der Waals surface area contributed by atoms with Crippen LogP contribution in [0.5, 0.6) is 34.5 Å². The minimum absolute atomic E-state index is 0. The van der Waals surface area contributed by atoms with Crippen molar-refractivity contribution >= 4 is 72.3 Å². The first-order valence-electron chi connectivity index (χ1n) is 35.3. The van der Waals surface area contributed by atoms with Gasteiger partial charge in [-0.25, -0.2) is 0 Å². The van der Waals surface area contributed by atoms with Crippen LogP contribution in [0.3, 0.4) is 0 Å². The Hall–Kier alpha value is -15.3. The third-order valence-electron chi connectivity index (χ3n) is 14.8. The van der Waals surface area contributed by atoms with Crippen LogP contribution in [0.1, 0.15) is 33.4 Å². The van der Waals surface area contributed by atoms with E-state index >= 15 is 0 Å². The van der Waals surface area contributed by atoms with E-state index in [0.29, 0.717) is 33.4 Å². The van der Waals surface area contributed by atoms with Gasteiger partial charge in [0, 0.05) is 133 Å². The Kier molecular flexibility index (Phi) is 54.9. The van der Waals surface area contributed by atoms with Gasteiger partial charge in [-0.15, -0.1) is 0 Å². The zero-order valence-electron chi connectivity index (χ0n) is 65.7. The van der Waals surface area contributed by atoms with Crippen LogP contribution in [0.15, 0.2) is 378 Å². The van der Waals surface area contributed by atoms with E-state index in [-0.39, 0.29) is 111 Å². The van der Waals surface area contributed by atoms with Crippen molar-refractivity contribution in [1.82, 2.24) is 39.9 Å². The Balaban J connectivity index is 0.000000686. The zero-order valence-corrected chi connectivity index (χ0v) is 71.4. The van der Waals surface area contributed by atoms with Gasteiger partial charge in [0.2, 0.25) is 0 Å². The van der Waals surface area contributed by atoms with Gasteiger partial charge in [-0.3, -0.25) is 39.9 Å². The molecule has 14 rings (SSSR count). The summed E-state index contributed by atoms with van der Waals surface area (Å²) in [7, 11) is 0. The smallest absolute Gasteiger partial charge is 0.545 e. The normalized spacial score (nSPS) is 9.74. The number of rotatable bonds is 16. The standard InChI is InChI=1S/4C10H8N2.6C9H8O3.2H2O.2Y/c4*1-5-11-6-2-9(1)10-3-7-12-8-4-10;6*10-8-4-2-1-3-7(8)5-6-9(11)12;;;;/h4*1-8H;6*1-6,10H,(H,11,12);2*1H2;;/q;;;;;;;;;;;;2*+3/p-4/b;;;;6*6-5+;;;;. The summed E-state index contributed by atoms with van der Waals surface area (Å²) >= 11 is 0. The molecule has 620 valence electrons. The Morgan fingerprint density at radius 2 is 0.282 bits per heavy atom. The van der Waals surface area contributed by atoms with Gasteiger partial charge in [0.05, 0.1) is 35.8 Å². The van der Waals surface area contributed by atoms with Crippen LogP contribution in [0.2, 0.25) is 0 Å². The quantitative estimate of drug-likeness (QED) is 0.0399. The summed E-state index contributed by atoms with van der Waals surface area (Å²) in [4.78, 5) is 91.7. The van der Waals surface area contributed by atoms with Crippen LogP contribution in [0.4, 0.5) is 0 Å². The fourth-order valence-corrected chi connectivity index (χ4v) is 9.07. The number of phenols is 6. The van der Waals surface area contributed by atoms with Crippen molar-refractivity contribution in [2.45, 2.75) is 0 Å². The minimum atomic E-state index is -1.28. The van der Waals surface area contributed by atoms with Crippen molar-refractivity contribution in [1.29, 1.82) is 0 Å². The van der Waals surface area contributed by atoms with Gasteiger partial charge in [0.25, 0.3) is 0 Å². The molecule has 0 aliphatic rings. The first-order chi connectivity index (χ1) is 58.1. The molecule has 0 bridgehead atoms. The van der Waals surface area contributed by atoms with Crippen LogP contribution < -0.4 is 30.6 Å². The molecule has 30 heteroatoms. The molecule has 0 unspecified atom stereocenters. The summed E-state index contributed by atoms with van der Waals surface area (Å²) in [6, 6.07) is 70.4. The maximum Gasteiger partial charge on any atom is 3.00 e. The first-order valence-corrected chi connectivity index (χ1v) is 35.3. The molecule has 12 N–H and O–H groups in total. The number of benzene rings is 6. The van der Waals surface area contributed by atoms with E-state index in [1.54, 1.807) is 208 Å². The number of aromatic hydroxyl groups is 6. The second-order valence-electron chi connectivity index (χ2n) is 23.2. The molecule has 0 spiro atoms. The van der Waals surface area contributed by atoms with Gasteiger partial charge >= 0.3 is 65.4 Å². The van der Waals surface area contributed by atoms with Crippen molar-refractivity contribution in [3.8, 4) is 79.0 Å². The fourth-order valence-electron chi connectivity index (χ4n) is 9.07. The van der Waals surface area contributed by atoms with Crippen molar-refractivity contribution in [2.24, 2.45) is 0 Å². The number of aliphatic carboxylic acids is 6. The second-order valence-corrected chi connectivity index (χ2v) is 23.2. The molecule has 8 aromatic heterocycles. The van der Waals surface area contributed by atoms with Gasteiger partial charge in [-0.05, 0) is 251 Å². The second kappa shape index (κ2) is 63.7. The van der Waals surface area contributed by atoms with Gasteiger partial charge in [-0.1, -0.05) is 109 Å². The van der Waals surface area contributed by atoms with Crippen molar-refractivity contribution < 1.29 is 166 Å². The van der Waals surface area contributed by atoms with Gasteiger partial charge in [-0.2, -0.15) is 0 Å². The summed E-state index contributed by atoms with van der Waals surface area (Å²) in [5, 5.41) is 115. The molecule has 0 saturated heterocycles. The molecule has 124 heavy (non-hydrogen) atoms. The summed E-state index contributed by atoms with van der Waals surface area (Å²) in [6.07, 6.45) is 41.5. The monoisotopic (exact) mass is 1820 g/mol. The summed E-state index contributed by atoms with van der Waals surface area (Å²) in [5.41, 5.74) is 12.1. The molecular formula is C94H80N8O20Y2+2. The van der Waals surface area contributed by atoms with Gasteiger partial charge < -0.3 is 101 Å². The predicted molar refractivity (Wildman–Crippen MR) is 453 cm³/mol.